The summed E-state index contributed by atoms with van der Waals surface area (Å²) in [6, 6.07) is 157. The minimum atomic E-state index is -0.243. The summed E-state index contributed by atoms with van der Waals surface area (Å²) in [7, 11) is 1.66. The zero-order valence-corrected chi connectivity index (χ0v) is 90.2. The van der Waals surface area contributed by atoms with E-state index < -0.39 is 0 Å². The van der Waals surface area contributed by atoms with Crippen LogP contribution in [-0.2, 0) is 161 Å². The standard InChI is InChI=1S/C28H26N2.C26H22N2O2.C26H18N2.C23H16N2.C21H14N4.5Pt/c1-27(2,21-13-7-5-8-14-21)25-19-11-17-23(29-25)24-18-12-20-26(30-24)28(3,4)22-15-9-6-10-16-22;1-30-24-11-3-7-20(17-24)16-23-10-5-13-26(28-23)25-12-4-9-22(27-25)15-19-6-2-8-21(14-19)18-29;1-3-7-19(8-4-1)17-23-15-13-21-11-12-22-14-16-24(28-26(22)25(21)27-23)18-20-9-5-2-6-10-20;1-3-9-18(10-4-1)22-15-7-13-20(24-22)17-21-14-8-16-23(25-21)19-11-5-2-6-12-19;1-3-18(24-20(5-1)16-7-11-22-12-8-16)15-19-4-2-6-21(25-19)17-9-13-23-14-10-17;;;;;/h5-13,15,17-20H,1-4H3;2-5,8-14,17,29H,15-16,18H2,1H3;1-7,9,11-16H,17-18H2;1-9,11,13-16H,17H2;1-7,9,11-14H,15H2;;;;;/q5*-2;5*+2. The maximum absolute atomic E-state index is 9.33. The van der Waals surface area contributed by atoms with Gasteiger partial charge in [0.2, 0.25) is 0 Å². The molecule has 19 heteroatoms. The number of rotatable bonds is 24. The van der Waals surface area contributed by atoms with Crippen molar-refractivity contribution < 1.29 is 115 Å². The molecular weight excluding hydrogens is 2660 g/mol. The van der Waals surface area contributed by atoms with Gasteiger partial charge in [-0.25, -0.2) is 0 Å². The Morgan fingerprint density at radius 1 is 0.252 bits per heavy atom. The summed E-state index contributed by atoms with van der Waals surface area (Å²) >= 11 is 0. The molecule has 12 heterocycles. The predicted octanol–water partition coefficient (Wildman–Crippen LogP) is 25.2. The van der Waals surface area contributed by atoms with Crippen LogP contribution in [0.2, 0.25) is 0 Å². The van der Waals surface area contributed by atoms with E-state index in [1.165, 1.54) is 0 Å². The van der Waals surface area contributed by atoms with Gasteiger partial charge in [0.25, 0.3) is 0 Å². The monoisotopic (exact) mass is 2760 g/mol. The molecule has 9 aromatic carbocycles. The molecule has 143 heavy (non-hydrogen) atoms. The van der Waals surface area contributed by atoms with Gasteiger partial charge < -0.3 is 29.8 Å². The molecule has 1 N–H and O–H groups in total. The summed E-state index contributed by atoms with van der Waals surface area (Å²) < 4.78 is 5.30. The number of benzene rings is 9. The minimum Gasteiger partial charge on any atom is -0.522 e. The van der Waals surface area contributed by atoms with E-state index in [0.29, 0.717) is 25.7 Å². The fourth-order valence-corrected chi connectivity index (χ4v) is 15.9. The maximum Gasteiger partial charge on any atom is 2.00 e. The van der Waals surface area contributed by atoms with Gasteiger partial charge in [0.05, 0.1) is 40.9 Å². The first kappa shape index (κ1) is 108. The van der Waals surface area contributed by atoms with Gasteiger partial charge >= 0.3 is 105 Å². The largest absolute Gasteiger partial charge is 2.00 e. The Balaban J connectivity index is 0.000000158. The van der Waals surface area contributed by atoms with E-state index in [2.05, 4.69) is 183 Å². The molecule has 21 rings (SSSR count). The molecule has 0 atom stereocenters. The zero-order valence-electron chi connectivity index (χ0n) is 78.9. The third-order valence-electron chi connectivity index (χ3n) is 23.2. The zero-order chi connectivity index (χ0) is 94.5. The fraction of sp³-hybridized carbons (Fsp3) is 0.113. The first-order valence-corrected chi connectivity index (χ1v) is 45.7. The number of pyridine rings is 12. The van der Waals surface area contributed by atoms with E-state index in [1.54, 1.807) is 31.9 Å². The van der Waals surface area contributed by atoms with Crippen molar-refractivity contribution in [1.82, 2.24) is 59.8 Å². The summed E-state index contributed by atoms with van der Waals surface area (Å²) in [4.78, 5) is 56.5. The predicted molar refractivity (Wildman–Crippen MR) is 547 cm³/mol. The summed E-state index contributed by atoms with van der Waals surface area (Å²) in [6.45, 7) is 8.76. The number of nitrogens with zero attached hydrogens (tertiary/aromatic N) is 12. The summed E-state index contributed by atoms with van der Waals surface area (Å²) in [5, 5.41) is 11.6. The van der Waals surface area contributed by atoms with Crippen molar-refractivity contribution in [2.24, 2.45) is 0 Å². The number of hydrogen-bond donors (Lipinski definition) is 1. The minimum absolute atomic E-state index is 0. The molecule has 14 nitrogen and oxygen atoms in total. The number of ether oxygens (including phenoxy) is 1. The van der Waals surface area contributed by atoms with E-state index in [1.807, 2.05) is 291 Å². The van der Waals surface area contributed by atoms with Gasteiger partial charge in [-0.1, -0.05) is 125 Å². The van der Waals surface area contributed by atoms with Crippen LogP contribution in [0.5, 0.6) is 5.75 Å². The van der Waals surface area contributed by atoms with Gasteiger partial charge in [-0.15, -0.1) is 102 Å². The van der Waals surface area contributed by atoms with Gasteiger partial charge in [0.1, 0.15) is 0 Å². The average Bonchev–Trinajstić information content (AvgIpc) is 0.774. The maximum atomic E-state index is 9.33. The van der Waals surface area contributed by atoms with E-state index in [-0.39, 0.29) is 123 Å². The van der Waals surface area contributed by atoms with Crippen molar-refractivity contribution >= 4 is 21.8 Å². The Bertz CT molecular complexity index is 6960. The van der Waals surface area contributed by atoms with Gasteiger partial charge in [-0.05, 0) is 158 Å². The van der Waals surface area contributed by atoms with Crippen LogP contribution in [0.3, 0.4) is 0 Å². The van der Waals surface area contributed by atoms with E-state index in [9.17, 15) is 5.11 Å². The van der Waals surface area contributed by atoms with Crippen LogP contribution in [0.15, 0.2) is 401 Å². The van der Waals surface area contributed by atoms with Crippen LogP contribution in [0.4, 0.5) is 0 Å². The van der Waals surface area contributed by atoms with Crippen molar-refractivity contribution in [2.75, 3.05) is 7.11 Å². The molecule has 0 radical (unpaired) electrons. The molecule has 0 aliphatic carbocycles. The first-order valence-electron chi connectivity index (χ1n) is 45.7. The normalized spacial score (nSPS) is 10.6. The Kier molecular flexibility index (Phi) is 41.0. The molecule has 0 aliphatic rings. The van der Waals surface area contributed by atoms with Gasteiger partial charge in [-0.2, -0.15) is 214 Å². The smallest absolute Gasteiger partial charge is 0.522 e. The van der Waals surface area contributed by atoms with Crippen molar-refractivity contribution in [3.63, 3.8) is 0 Å². The van der Waals surface area contributed by atoms with Crippen LogP contribution in [-0.4, -0.2) is 72.0 Å². The molecule has 0 amide bonds. The molecule has 0 saturated carbocycles. The van der Waals surface area contributed by atoms with Gasteiger partial charge in [0, 0.05) is 104 Å². The molecule has 21 aromatic rings. The van der Waals surface area contributed by atoms with Crippen molar-refractivity contribution in [2.45, 2.75) is 83.7 Å². The molecule has 714 valence electrons. The third-order valence-corrected chi connectivity index (χ3v) is 23.2. The molecule has 0 unspecified atom stereocenters. The Morgan fingerprint density at radius 2 is 0.566 bits per heavy atom. The van der Waals surface area contributed by atoms with Crippen LogP contribution < -0.4 is 4.74 Å². The van der Waals surface area contributed by atoms with E-state index in [4.69, 9.17) is 54.6 Å². The van der Waals surface area contributed by atoms with Crippen molar-refractivity contribution in [3.05, 3.63) is 557 Å². The Labute approximate surface area is 909 Å². The molecule has 0 aliphatic heterocycles. The Morgan fingerprint density at radius 3 is 0.923 bits per heavy atom. The average molecular weight is 2760 g/mol. The number of fused-ring (bicyclic) bond motifs is 3. The van der Waals surface area contributed by atoms with Crippen LogP contribution >= 0.6 is 0 Å². The quantitative estimate of drug-likeness (QED) is 0.0445. The number of methoxy groups -OCH3 is 1. The molecule has 0 spiro atoms. The number of aliphatic hydroxyl groups excluding tert-OH is 1. The van der Waals surface area contributed by atoms with E-state index in [0.717, 1.165) is 204 Å². The Hall–Kier alpha value is -13.5. The second-order valence-electron chi connectivity index (χ2n) is 33.8. The van der Waals surface area contributed by atoms with Gasteiger partial charge in [-0.3, -0.25) is 39.9 Å². The van der Waals surface area contributed by atoms with Crippen molar-refractivity contribution in [1.29, 1.82) is 0 Å². The first-order chi connectivity index (χ1) is 67.7. The van der Waals surface area contributed by atoms with Gasteiger partial charge in [0.15, 0.2) is 0 Å². The number of aromatic nitrogens is 12. The molecule has 0 fully saturated rings. The third kappa shape index (κ3) is 30.1. The van der Waals surface area contributed by atoms with Crippen LogP contribution in [0.1, 0.15) is 124 Å². The number of hydrogen-bond acceptors (Lipinski definition) is 14. The topological polar surface area (TPSA) is 184 Å². The number of aliphatic hydroxyl groups is 1. The SMILES string of the molecule is CC(C)(c1[c-]cccc1)c1cccc(-c2cccc(C(C)(C)c3[c-]cccc3)n2)n1.COc1cc[c-]c(Cc2cccc(-c3cccc(Cc4[c-]ccc(CO)c4)n3)n2)c1.[Pt+2].[Pt+2].[Pt+2].[Pt+2].[Pt+2].[c-]1ccccc1-c1cccc(Cc2cccc(-c3[c-]cccc3)n2)n1.[c-]1ccccc1Cc1ccc2ccc3ccc(Cc4[c-]cccc4)nc3c2n1.[c-]1cnccc1-c1cccc(Cc2cccc(-c3[c-]cncc3)n2)n1. The molecule has 0 bridgehead atoms. The van der Waals surface area contributed by atoms with Crippen LogP contribution in [0.25, 0.3) is 89.6 Å². The fourth-order valence-electron chi connectivity index (χ4n) is 15.9. The summed E-state index contributed by atoms with van der Waals surface area (Å²) in [6.07, 6.45) is 11.0. The van der Waals surface area contributed by atoms with Crippen LogP contribution in [0, 0.1) is 60.7 Å². The second kappa shape index (κ2) is 54.1. The molecule has 0 saturated heterocycles. The molecule has 12 aromatic heterocycles. The summed E-state index contributed by atoms with van der Waals surface area (Å²) in [5.74, 6) is 0.816. The van der Waals surface area contributed by atoms with E-state index >= 15 is 0 Å². The van der Waals surface area contributed by atoms with Crippen molar-refractivity contribution in [3.8, 4) is 73.6 Å². The molecular formula is C124H96N12O2Pt5. The summed E-state index contributed by atoms with van der Waals surface area (Å²) in [5.41, 5.74) is 29.7. The second-order valence-corrected chi connectivity index (χ2v) is 33.8.